The highest BCUT2D eigenvalue weighted by Crippen LogP contribution is 2.40. The first-order valence-electron chi connectivity index (χ1n) is 9.85. The highest BCUT2D eigenvalue weighted by atomic mass is 19.4. The molecule has 1 fully saturated rings. The van der Waals surface area contributed by atoms with Crippen molar-refractivity contribution in [2.75, 3.05) is 11.5 Å². The SMILES string of the molecule is CCOc1ccc2nc(-c3ccc(C(F)(F)F)c(N(C=O)C4CCCC4)c3)cn2n1. The normalized spacial score (nSPS) is 14.9. The Labute approximate surface area is 171 Å². The van der Waals surface area contributed by atoms with Crippen LogP contribution in [0.25, 0.3) is 16.9 Å². The van der Waals surface area contributed by atoms with Gasteiger partial charge in [0.25, 0.3) is 0 Å². The molecule has 4 rings (SSSR count). The van der Waals surface area contributed by atoms with E-state index in [1.807, 2.05) is 6.92 Å². The maximum absolute atomic E-state index is 13.7. The van der Waals surface area contributed by atoms with Crippen LogP contribution in [0.1, 0.15) is 38.2 Å². The molecule has 3 aromatic rings. The third-order valence-electron chi connectivity index (χ3n) is 5.30. The van der Waals surface area contributed by atoms with Crippen LogP contribution in [0.15, 0.2) is 36.5 Å². The third-order valence-corrected chi connectivity index (χ3v) is 5.30. The summed E-state index contributed by atoms with van der Waals surface area (Å²) in [5, 5.41) is 4.29. The molecule has 0 saturated heterocycles. The van der Waals surface area contributed by atoms with Crippen molar-refractivity contribution in [3.05, 3.63) is 42.1 Å². The summed E-state index contributed by atoms with van der Waals surface area (Å²) in [5.41, 5.74) is 0.514. The summed E-state index contributed by atoms with van der Waals surface area (Å²) in [7, 11) is 0. The number of alkyl halides is 3. The van der Waals surface area contributed by atoms with Gasteiger partial charge in [-0.05, 0) is 38.0 Å². The molecule has 30 heavy (non-hydrogen) atoms. The lowest BCUT2D eigenvalue weighted by Gasteiger charge is -2.28. The van der Waals surface area contributed by atoms with Gasteiger partial charge >= 0.3 is 6.18 Å². The van der Waals surface area contributed by atoms with Crippen LogP contribution >= 0.6 is 0 Å². The third kappa shape index (κ3) is 3.83. The first kappa shape index (κ1) is 20.2. The van der Waals surface area contributed by atoms with E-state index < -0.39 is 11.7 Å². The van der Waals surface area contributed by atoms with Crippen molar-refractivity contribution in [3.63, 3.8) is 0 Å². The molecular formula is C21H21F3N4O2. The molecule has 1 saturated carbocycles. The summed E-state index contributed by atoms with van der Waals surface area (Å²) in [6.07, 6.45) is 0.750. The minimum absolute atomic E-state index is 0.137. The molecule has 6 nitrogen and oxygen atoms in total. The summed E-state index contributed by atoms with van der Waals surface area (Å²) in [5.74, 6) is 0.426. The van der Waals surface area contributed by atoms with E-state index in [9.17, 15) is 18.0 Å². The molecule has 0 aliphatic heterocycles. The summed E-state index contributed by atoms with van der Waals surface area (Å²) in [6, 6.07) is 6.95. The molecule has 2 heterocycles. The molecule has 1 aliphatic rings. The number of rotatable bonds is 6. The van der Waals surface area contributed by atoms with Crippen LogP contribution in [0, 0.1) is 0 Å². The van der Waals surface area contributed by atoms with Crippen molar-refractivity contribution in [1.82, 2.24) is 14.6 Å². The fourth-order valence-corrected chi connectivity index (χ4v) is 3.89. The summed E-state index contributed by atoms with van der Waals surface area (Å²) in [6.45, 7) is 2.31. The van der Waals surface area contributed by atoms with Gasteiger partial charge in [0.1, 0.15) is 0 Å². The van der Waals surface area contributed by atoms with Gasteiger partial charge in [0.05, 0.1) is 29.7 Å². The van der Waals surface area contributed by atoms with Crippen molar-refractivity contribution < 1.29 is 22.7 Å². The molecule has 2 aromatic heterocycles. The second-order valence-electron chi connectivity index (χ2n) is 7.21. The lowest BCUT2D eigenvalue weighted by molar-refractivity contribution is -0.137. The number of halogens is 3. The average Bonchev–Trinajstić information content (AvgIpc) is 3.37. The van der Waals surface area contributed by atoms with Gasteiger partial charge in [0, 0.05) is 17.7 Å². The molecule has 158 valence electrons. The van der Waals surface area contributed by atoms with E-state index in [-0.39, 0.29) is 11.7 Å². The molecule has 0 unspecified atom stereocenters. The Bertz CT molecular complexity index is 1060. The van der Waals surface area contributed by atoms with Crippen LogP contribution in [0.4, 0.5) is 18.9 Å². The number of amides is 1. The Morgan fingerprint density at radius 1 is 1.23 bits per heavy atom. The monoisotopic (exact) mass is 418 g/mol. The number of hydrogen-bond donors (Lipinski definition) is 0. The Kier molecular flexibility index (Phi) is 5.36. The number of benzene rings is 1. The van der Waals surface area contributed by atoms with E-state index in [0.717, 1.165) is 18.9 Å². The predicted octanol–water partition coefficient (Wildman–Crippen LogP) is 4.72. The van der Waals surface area contributed by atoms with Crippen molar-refractivity contribution in [1.29, 1.82) is 0 Å². The number of carbonyl (C=O) groups is 1. The minimum atomic E-state index is -4.57. The number of ether oxygens (including phenoxy) is 1. The van der Waals surface area contributed by atoms with E-state index in [0.29, 0.717) is 48.6 Å². The fourth-order valence-electron chi connectivity index (χ4n) is 3.89. The number of aromatic nitrogens is 3. The van der Waals surface area contributed by atoms with Crippen LogP contribution in [0.3, 0.4) is 0 Å². The molecule has 0 atom stereocenters. The zero-order valence-corrected chi connectivity index (χ0v) is 16.4. The van der Waals surface area contributed by atoms with Crippen LogP contribution < -0.4 is 9.64 Å². The van der Waals surface area contributed by atoms with Crippen LogP contribution in [-0.4, -0.2) is 33.7 Å². The first-order valence-corrected chi connectivity index (χ1v) is 9.85. The molecule has 0 spiro atoms. The Balaban J connectivity index is 1.79. The highest BCUT2D eigenvalue weighted by molar-refractivity contribution is 5.81. The van der Waals surface area contributed by atoms with Gasteiger partial charge in [0.15, 0.2) is 5.65 Å². The van der Waals surface area contributed by atoms with Crippen LogP contribution in [0.2, 0.25) is 0 Å². The van der Waals surface area contributed by atoms with Gasteiger partial charge in [0.2, 0.25) is 12.3 Å². The molecule has 9 heteroatoms. The van der Waals surface area contributed by atoms with E-state index in [2.05, 4.69) is 10.1 Å². The largest absolute Gasteiger partial charge is 0.477 e. The van der Waals surface area contributed by atoms with Crippen LogP contribution in [0.5, 0.6) is 5.88 Å². The Morgan fingerprint density at radius 3 is 2.67 bits per heavy atom. The van der Waals surface area contributed by atoms with Gasteiger partial charge in [-0.2, -0.15) is 13.2 Å². The molecule has 0 radical (unpaired) electrons. The number of hydrogen-bond acceptors (Lipinski definition) is 4. The smallest absolute Gasteiger partial charge is 0.418 e. The fraction of sp³-hybridized carbons (Fsp3) is 0.381. The van der Waals surface area contributed by atoms with Gasteiger partial charge in [-0.25, -0.2) is 9.50 Å². The lowest BCUT2D eigenvalue weighted by atomic mass is 10.0. The van der Waals surface area contributed by atoms with E-state index in [1.54, 1.807) is 18.3 Å². The quantitative estimate of drug-likeness (QED) is 0.544. The summed E-state index contributed by atoms with van der Waals surface area (Å²) in [4.78, 5) is 17.5. The molecule has 1 aliphatic carbocycles. The van der Waals surface area contributed by atoms with E-state index in [1.165, 1.54) is 21.5 Å². The number of imidazole rings is 1. The van der Waals surface area contributed by atoms with Crippen molar-refractivity contribution in [2.45, 2.75) is 44.8 Å². The Morgan fingerprint density at radius 2 is 2.00 bits per heavy atom. The highest BCUT2D eigenvalue weighted by Gasteiger charge is 2.37. The van der Waals surface area contributed by atoms with Crippen molar-refractivity contribution in [3.8, 4) is 17.1 Å². The second-order valence-corrected chi connectivity index (χ2v) is 7.21. The molecule has 1 aromatic carbocycles. The average molecular weight is 418 g/mol. The van der Waals surface area contributed by atoms with Gasteiger partial charge in [-0.1, -0.05) is 18.9 Å². The molecule has 1 amide bonds. The van der Waals surface area contributed by atoms with E-state index in [4.69, 9.17) is 4.74 Å². The Hall–Kier alpha value is -3.10. The molecular weight excluding hydrogens is 397 g/mol. The molecule has 0 bridgehead atoms. The topological polar surface area (TPSA) is 59.7 Å². The molecule has 0 N–H and O–H groups in total. The second kappa shape index (κ2) is 7.97. The number of carbonyl (C=O) groups excluding carboxylic acids is 1. The zero-order chi connectivity index (χ0) is 21.3. The van der Waals surface area contributed by atoms with Gasteiger partial charge in [-0.15, -0.1) is 5.10 Å². The van der Waals surface area contributed by atoms with Gasteiger partial charge in [-0.3, -0.25) is 4.79 Å². The number of fused-ring (bicyclic) bond motifs is 1. The van der Waals surface area contributed by atoms with Crippen molar-refractivity contribution in [2.24, 2.45) is 0 Å². The standard InChI is InChI=1S/C21H21F3N4O2/c1-2-30-20-10-9-19-25-17(12-28(19)26-20)14-7-8-16(21(22,23)24)18(11-14)27(13-29)15-5-3-4-6-15/h7-13,15H,2-6H2,1H3. The van der Waals surface area contributed by atoms with Crippen LogP contribution in [-0.2, 0) is 11.0 Å². The first-order chi connectivity index (χ1) is 14.4. The zero-order valence-electron chi connectivity index (χ0n) is 16.4. The summed E-state index contributed by atoms with van der Waals surface area (Å²) >= 11 is 0. The maximum Gasteiger partial charge on any atom is 0.418 e. The number of nitrogens with zero attached hydrogens (tertiary/aromatic N) is 4. The van der Waals surface area contributed by atoms with Gasteiger partial charge < -0.3 is 9.64 Å². The minimum Gasteiger partial charge on any atom is -0.477 e. The predicted molar refractivity (Wildman–Crippen MR) is 105 cm³/mol. The van der Waals surface area contributed by atoms with E-state index >= 15 is 0 Å². The summed E-state index contributed by atoms with van der Waals surface area (Å²) < 4.78 is 47.9. The lowest BCUT2D eigenvalue weighted by Crippen LogP contribution is -2.33. The maximum atomic E-state index is 13.7. The van der Waals surface area contributed by atoms with Crippen molar-refractivity contribution >= 4 is 17.7 Å². The number of anilines is 1.